The number of anilines is 1. The minimum atomic E-state index is -3.04. The highest BCUT2D eigenvalue weighted by Gasteiger charge is 2.36. The lowest BCUT2D eigenvalue weighted by atomic mass is 10.2. The van der Waals surface area contributed by atoms with Gasteiger partial charge in [0.15, 0.2) is 11.5 Å². The molecule has 37 heavy (non-hydrogen) atoms. The fourth-order valence-corrected chi connectivity index (χ4v) is 4.21. The molecule has 0 aromatic heterocycles. The first-order valence-corrected chi connectivity index (χ1v) is 12.1. The maximum Gasteiger partial charge on any atom is 0.387 e. The Morgan fingerprint density at radius 2 is 1.86 bits per heavy atom. The van der Waals surface area contributed by atoms with Crippen molar-refractivity contribution in [1.29, 1.82) is 0 Å². The number of rotatable bonds is 10. The van der Waals surface area contributed by atoms with Crippen LogP contribution in [0.15, 0.2) is 41.3 Å². The first kappa shape index (κ1) is 27.9. The largest absolute Gasteiger partial charge is 0.490 e. The molecule has 0 spiro atoms. The van der Waals surface area contributed by atoms with Crippen molar-refractivity contribution in [2.24, 2.45) is 0 Å². The molecule has 0 atom stereocenters. The molecule has 0 unspecified atom stereocenters. The summed E-state index contributed by atoms with van der Waals surface area (Å²) in [5, 5.41) is 1.97. The molecule has 2 aromatic rings. The van der Waals surface area contributed by atoms with E-state index in [1.54, 1.807) is 13.8 Å². The lowest BCUT2D eigenvalue weighted by Crippen LogP contribution is -2.36. The van der Waals surface area contributed by atoms with Crippen molar-refractivity contribution in [3.63, 3.8) is 0 Å². The fourth-order valence-electron chi connectivity index (χ4n) is 3.18. The maximum atomic E-state index is 12.8. The van der Waals surface area contributed by atoms with Gasteiger partial charge in [-0.3, -0.25) is 19.3 Å². The van der Waals surface area contributed by atoms with Gasteiger partial charge in [-0.1, -0.05) is 17.7 Å². The Hall–Kier alpha value is -3.64. The summed E-state index contributed by atoms with van der Waals surface area (Å²) < 4.78 is 39.9. The zero-order valence-electron chi connectivity index (χ0n) is 19.6. The Balaban J connectivity index is 1.72. The van der Waals surface area contributed by atoms with Crippen LogP contribution in [0.2, 0.25) is 5.02 Å². The molecule has 1 N–H and O–H groups in total. The first-order chi connectivity index (χ1) is 17.6. The number of hydrogen-bond donors (Lipinski definition) is 1. The molecule has 3 rings (SSSR count). The van der Waals surface area contributed by atoms with E-state index in [4.69, 9.17) is 21.1 Å². The maximum absolute atomic E-state index is 12.8. The van der Waals surface area contributed by atoms with Gasteiger partial charge in [0.25, 0.3) is 11.1 Å². The highest BCUT2D eigenvalue weighted by molar-refractivity contribution is 8.18. The summed E-state index contributed by atoms with van der Waals surface area (Å²) in [7, 11) is 0. The second kappa shape index (κ2) is 12.5. The van der Waals surface area contributed by atoms with Crippen LogP contribution in [-0.2, 0) is 14.3 Å². The topological polar surface area (TPSA) is 111 Å². The number of hydrogen-bond acceptors (Lipinski definition) is 8. The van der Waals surface area contributed by atoms with E-state index >= 15 is 0 Å². The number of benzene rings is 2. The summed E-state index contributed by atoms with van der Waals surface area (Å²) in [5.41, 5.74) is 0.661. The molecule has 1 aliphatic rings. The monoisotopic (exact) mass is 554 g/mol. The SMILES string of the molecule is CCOC(=O)c1cc(NC(=O)CN2C(=O)S/C(=C\c3ccc(OC(F)F)c(OCC)c3)C2=O)ccc1Cl. The van der Waals surface area contributed by atoms with E-state index in [9.17, 15) is 28.0 Å². The highest BCUT2D eigenvalue weighted by atomic mass is 35.5. The normalized spacial score (nSPS) is 14.3. The summed E-state index contributed by atoms with van der Waals surface area (Å²) in [6.45, 7) is -0.00123. The zero-order chi connectivity index (χ0) is 27.1. The molecule has 0 bridgehead atoms. The van der Waals surface area contributed by atoms with Crippen molar-refractivity contribution < 1.29 is 42.2 Å². The molecule has 1 saturated heterocycles. The van der Waals surface area contributed by atoms with Gasteiger partial charge in [0.2, 0.25) is 5.91 Å². The Morgan fingerprint density at radius 3 is 2.54 bits per heavy atom. The van der Waals surface area contributed by atoms with E-state index < -0.39 is 36.2 Å². The first-order valence-electron chi connectivity index (χ1n) is 10.9. The van der Waals surface area contributed by atoms with Gasteiger partial charge >= 0.3 is 12.6 Å². The lowest BCUT2D eigenvalue weighted by molar-refractivity contribution is -0.127. The lowest BCUT2D eigenvalue weighted by Gasteiger charge is -2.13. The van der Waals surface area contributed by atoms with Gasteiger partial charge in [-0.05, 0) is 67.6 Å². The van der Waals surface area contributed by atoms with Gasteiger partial charge < -0.3 is 19.5 Å². The van der Waals surface area contributed by atoms with Crippen LogP contribution in [0, 0.1) is 0 Å². The van der Waals surface area contributed by atoms with Gasteiger partial charge in [-0.25, -0.2) is 4.79 Å². The van der Waals surface area contributed by atoms with E-state index in [2.05, 4.69) is 10.1 Å². The van der Waals surface area contributed by atoms with E-state index in [1.807, 2.05) is 0 Å². The fraction of sp³-hybridized carbons (Fsp3) is 0.250. The van der Waals surface area contributed by atoms with Gasteiger partial charge in [0.1, 0.15) is 6.54 Å². The third-order valence-electron chi connectivity index (χ3n) is 4.70. The van der Waals surface area contributed by atoms with E-state index in [-0.39, 0.29) is 45.9 Å². The van der Waals surface area contributed by atoms with Crippen LogP contribution in [0.3, 0.4) is 0 Å². The number of nitrogens with one attached hydrogen (secondary N) is 1. The number of carbonyl (C=O) groups is 4. The van der Waals surface area contributed by atoms with Crippen LogP contribution in [0.25, 0.3) is 6.08 Å². The Labute approximate surface area is 219 Å². The molecular weight excluding hydrogens is 534 g/mol. The van der Waals surface area contributed by atoms with E-state index in [0.29, 0.717) is 17.3 Å². The van der Waals surface area contributed by atoms with Crippen LogP contribution < -0.4 is 14.8 Å². The standard InChI is InChI=1S/C24H21ClF2N2O7S/c1-3-34-18-9-13(5-8-17(18)36-23(26)27)10-19-21(31)29(24(33)37-19)12-20(30)28-14-6-7-16(25)15(11-14)22(32)35-4-2/h5-11,23H,3-4,12H2,1-2H3,(H,28,30)/b19-10-. The number of halogens is 3. The summed E-state index contributed by atoms with van der Waals surface area (Å²) in [4.78, 5) is 50.5. The summed E-state index contributed by atoms with van der Waals surface area (Å²) >= 11 is 6.63. The van der Waals surface area contributed by atoms with Crippen LogP contribution in [0.4, 0.5) is 19.3 Å². The van der Waals surface area contributed by atoms with E-state index in [0.717, 1.165) is 4.90 Å². The third kappa shape index (κ3) is 7.20. The average Bonchev–Trinajstić information content (AvgIpc) is 3.09. The summed E-state index contributed by atoms with van der Waals surface area (Å²) in [5.74, 6) is -2.19. The molecular formula is C24H21ClF2N2O7S. The van der Waals surface area contributed by atoms with Crippen LogP contribution in [0.1, 0.15) is 29.8 Å². The van der Waals surface area contributed by atoms with E-state index in [1.165, 1.54) is 42.5 Å². The molecule has 9 nitrogen and oxygen atoms in total. The number of carbonyl (C=O) groups excluding carboxylic acids is 4. The Morgan fingerprint density at radius 1 is 1.11 bits per heavy atom. The summed E-state index contributed by atoms with van der Waals surface area (Å²) in [6.07, 6.45) is 1.38. The van der Waals surface area contributed by atoms with Crippen LogP contribution >= 0.6 is 23.4 Å². The highest BCUT2D eigenvalue weighted by Crippen LogP contribution is 2.35. The molecule has 196 valence electrons. The zero-order valence-corrected chi connectivity index (χ0v) is 21.2. The molecule has 1 aliphatic heterocycles. The smallest absolute Gasteiger partial charge is 0.387 e. The Kier molecular flexibility index (Phi) is 9.48. The quantitative estimate of drug-likeness (QED) is 0.315. The van der Waals surface area contributed by atoms with Crippen molar-refractivity contribution >= 4 is 58.1 Å². The molecule has 0 saturated carbocycles. The number of esters is 1. The molecule has 3 amide bonds. The molecule has 1 heterocycles. The van der Waals surface area contributed by atoms with Gasteiger partial charge in [-0.15, -0.1) is 0 Å². The molecule has 0 radical (unpaired) electrons. The number of alkyl halides is 2. The second-order valence-corrected chi connectivity index (χ2v) is 8.65. The minimum absolute atomic E-state index is 0.0267. The van der Waals surface area contributed by atoms with Crippen molar-refractivity contribution in [2.75, 3.05) is 25.1 Å². The van der Waals surface area contributed by atoms with Crippen molar-refractivity contribution in [1.82, 2.24) is 4.90 Å². The molecule has 0 aliphatic carbocycles. The number of imide groups is 1. The Bertz CT molecular complexity index is 1260. The van der Waals surface area contributed by atoms with Crippen LogP contribution in [0.5, 0.6) is 11.5 Å². The van der Waals surface area contributed by atoms with Crippen molar-refractivity contribution in [3.05, 3.63) is 57.5 Å². The number of ether oxygens (including phenoxy) is 3. The molecule has 2 aromatic carbocycles. The summed E-state index contributed by atoms with van der Waals surface area (Å²) in [6, 6.07) is 8.25. The predicted molar refractivity (Wildman–Crippen MR) is 133 cm³/mol. The van der Waals surface area contributed by atoms with Gasteiger partial charge in [0, 0.05) is 5.69 Å². The number of amides is 3. The predicted octanol–water partition coefficient (Wildman–Crippen LogP) is 5.19. The number of nitrogens with zero attached hydrogens (tertiary/aromatic N) is 1. The molecule has 1 fully saturated rings. The minimum Gasteiger partial charge on any atom is -0.490 e. The van der Waals surface area contributed by atoms with Crippen LogP contribution in [-0.4, -0.2) is 54.3 Å². The van der Waals surface area contributed by atoms with Gasteiger partial charge in [-0.2, -0.15) is 8.78 Å². The van der Waals surface area contributed by atoms with Crippen molar-refractivity contribution in [2.45, 2.75) is 20.5 Å². The van der Waals surface area contributed by atoms with Crippen molar-refractivity contribution in [3.8, 4) is 11.5 Å². The molecule has 13 heteroatoms. The second-order valence-electron chi connectivity index (χ2n) is 7.25. The average molecular weight is 555 g/mol. The number of thioether (sulfide) groups is 1. The third-order valence-corrected chi connectivity index (χ3v) is 5.94. The van der Waals surface area contributed by atoms with Gasteiger partial charge in [0.05, 0.1) is 28.7 Å².